The zero-order chi connectivity index (χ0) is 18.4. The molecule has 2 N–H and O–H groups in total. The van der Waals surface area contributed by atoms with Gasteiger partial charge in [-0.3, -0.25) is 9.59 Å². The van der Waals surface area contributed by atoms with Gasteiger partial charge in [0.2, 0.25) is 11.8 Å². The molecule has 0 radical (unpaired) electrons. The highest BCUT2D eigenvalue weighted by molar-refractivity contribution is 8.00. The molecule has 0 heterocycles. The fourth-order valence-electron chi connectivity index (χ4n) is 2.44. The fourth-order valence-corrected chi connectivity index (χ4v) is 3.45. The maximum Gasteiger partial charge on any atom is 0.237 e. The lowest BCUT2D eigenvalue weighted by molar-refractivity contribution is -0.116. The van der Waals surface area contributed by atoms with Gasteiger partial charge in [0.1, 0.15) is 0 Å². The molecule has 0 aliphatic heterocycles. The van der Waals surface area contributed by atoms with E-state index in [4.69, 9.17) is 0 Å². The summed E-state index contributed by atoms with van der Waals surface area (Å²) < 4.78 is 0. The highest BCUT2D eigenvalue weighted by Crippen LogP contribution is 2.29. The number of anilines is 2. The second kappa shape index (κ2) is 8.72. The van der Waals surface area contributed by atoms with E-state index in [1.54, 1.807) is 0 Å². The normalized spacial score (nSPS) is 11.7. The van der Waals surface area contributed by atoms with E-state index in [1.165, 1.54) is 18.7 Å². The van der Waals surface area contributed by atoms with Gasteiger partial charge < -0.3 is 10.6 Å². The van der Waals surface area contributed by atoms with Crippen LogP contribution >= 0.6 is 11.8 Å². The van der Waals surface area contributed by atoms with Gasteiger partial charge >= 0.3 is 0 Å². The van der Waals surface area contributed by atoms with Crippen LogP contribution in [-0.2, 0) is 9.59 Å². The van der Waals surface area contributed by atoms with Crippen molar-refractivity contribution in [3.8, 4) is 0 Å². The molecule has 0 aliphatic rings. The first-order chi connectivity index (χ1) is 11.9. The highest BCUT2D eigenvalue weighted by atomic mass is 32.2. The second-order valence-corrected chi connectivity index (χ2v) is 7.24. The summed E-state index contributed by atoms with van der Waals surface area (Å²) in [5, 5.41) is 5.60. The number of carbonyl (C=O) groups is 2. The maximum absolute atomic E-state index is 12.7. The summed E-state index contributed by atoms with van der Waals surface area (Å²) in [7, 11) is 0. The SMILES string of the molecule is CCC(Sc1cccc(NC(C)=O)c1)C(=O)Nc1cccc(C)c1C. The zero-order valence-electron chi connectivity index (χ0n) is 15.1. The molecule has 2 rings (SSSR count). The van der Waals surface area contributed by atoms with Crippen molar-refractivity contribution >= 4 is 35.0 Å². The molecule has 4 nitrogen and oxygen atoms in total. The van der Waals surface area contributed by atoms with Gasteiger partial charge in [0.15, 0.2) is 0 Å². The van der Waals surface area contributed by atoms with Crippen LogP contribution in [0.3, 0.4) is 0 Å². The van der Waals surface area contributed by atoms with Crippen LogP contribution < -0.4 is 10.6 Å². The van der Waals surface area contributed by atoms with Gasteiger partial charge in [-0.1, -0.05) is 25.1 Å². The number of benzene rings is 2. The van der Waals surface area contributed by atoms with Crippen LogP contribution in [-0.4, -0.2) is 17.1 Å². The van der Waals surface area contributed by atoms with E-state index in [9.17, 15) is 9.59 Å². The smallest absolute Gasteiger partial charge is 0.237 e. The number of thioether (sulfide) groups is 1. The lowest BCUT2D eigenvalue weighted by atomic mass is 10.1. The molecule has 2 amide bonds. The Balaban J connectivity index is 2.10. The molecule has 2 aromatic rings. The Bertz CT molecular complexity index is 774. The van der Waals surface area contributed by atoms with Crippen LogP contribution in [0, 0.1) is 13.8 Å². The topological polar surface area (TPSA) is 58.2 Å². The summed E-state index contributed by atoms with van der Waals surface area (Å²) in [5.41, 5.74) is 3.84. The number of hydrogen-bond donors (Lipinski definition) is 2. The van der Waals surface area contributed by atoms with E-state index in [0.717, 1.165) is 27.4 Å². The molecule has 0 fully saturated rings. The molecule has 5 heteroatoms. The quantitative estimate of drug-likeness (QED) is 0.733. The lowest BCUT2D eigenvalue weighted by Crippen LogP contribution is -2.25. The zero-order valence-corrected chi connectivity index (χ0v) is 15.9. The summed E-state index contributed by atoms with van der Waals surface area (Å²) in [6.45, 7) is 7.52. The summed E-state index contributed by atoms with van der Waals surface area (Å²) in [6, 6.07) is 13.5. The summed E-state index contributed by atoms with van der Waals surface area (Å²) in [5.74, 6) is -0.118. The number of amides is 2. The minimum absolute atomic E-state index is 0.00821. The highest BCUT2D eigenvalue weighted by Gasteiger charge is 2.19. The summed E-state index contributed by atoms with van der Waals surface area (Å²) in [4.78, 5) is 24.8. The third kappa shape index (κ3) is 5.36. The Morgan fingerprint density at radius 2 is 1.80 bits per heavy atom. The largest absolute Gasteiger partial charge is 0.326 e. The van der Waals surface area contributed by atoms with Crippen molar-refractivity contribution in [1.82, 2.24) is 0 Å². The second-order valence-electron chi connectivity index (χ2n) is 5.96. The molecule has 1 atom stereocenters. The maximum atomic E-state index is 12.7. The van der Waals surface area contributed by atoms with Crippen molar-refractivity contribution in [2.45, 2.75) is 44.3 Å². The summed E-state index contributed by atoms with van der Waals surface area (Å²) in [6.07, 6.45) is 0.714. The van der Waals surface area contributed by atoms with Crippen LogP contribution in [0.2, 0.25) is 0 Å². The molecular weight excluding hydrogens is 332 g/mol. The van der Waals surface area contributed by atoms with Crippen molar-refractivity contribution in [3.05, 3.63) is 53.6 Å². The number of nitrogens with one attached hydrogen (secondary N) is 2. The third-order valence-electron chi connectivity index (χ3n) is 3.96. The van der Waals surface area contributed by atoms with Crippen molar-refractivity contribution in [2.75, 3.05) is 10.6 Å². The Morgan fingerprint density at radius 1 is 1.08 bits per heavy atom. The Morgan fingerprint density at radius 3 is 2.48 bits per heavy atom. The first-order valence-corrected chi connectivity index (χ1v) is 9.20. The average molecular weight is 356 g/mol. The van der Waals surface area contributed by atoms with Gasteiger partial charge in [-0.05, 0) is 55.7 Å². The van der Waals surface area contributed by atoms with Crippen molar-refractivity contribution < 1.29 is 9.59 Å². The van der Waals surface area contributed by atoms with Gasteiger partial charge in [0, 0.05) is 23.2 Å². The molecule has 25 heavy (non-hydrogen) atoms. The molecule has 1 unspecified atom stereocenters. The standard InChI is InChI=1S/C20H24N2O2S/c1-5-19(20(24)22-18-11-6-8-13(2)14(18)3)25-17-10-7-9-16(12-17)21-15(4)23/h6-12,19H,5H2,1-4H3,(H,21,23)(H,22,24). The van der Waals surface area contributed by atoms with Crippen LogP contribution in [0.1, 0.15) is 31.4 Å². The van der Waals surface area contributed by atoms with Gasteiger partial charge in [0.05, 0.1) is 5.25 Å². The Labute approximate surface area is 153 Å². The predicted octanol–water partition coefficient (Wildman–Crippen LogP) is 4.77. The summed E-state index contributed by atoms with van der Waals surface area (Å²) >= 11 is 1.50. The average Bonchev–Trinajstić information content (AvgIpc) is 2.56. The van der Waals surface area contributed by atoms with E-state index in [1.807, 2.05) is 63.2 Å². The van der Waals surface area contributed by atoms with Crippen LogP contribution in [0.4, 0.5) is 11.4 Å². The van der Waals surface area contributed by atoms with E-state index in [2.05, 4.69) is 10.6 Å². The molecule has 0 saturated heterocycles. The molecule has 0 spiro atoms. The minimum atomic E-state index is -0.201. The van der Waals surface area contributed by atoms with E-state index < -0.39 is 0 Å². The van der Waals surface area contributed by atoms with Crippen molar-refractivity contribution in [3.63, 3.8) is 0 Å². The van der Waals surface area contributed by atoms with E-state index >= 15 is 0 Å². The number of aryl methyl sites for hydroxylation is 1. The van der Waals surface area contributed by atoms with E-state index in [-0.39, 0.29) is 17.1 Å². The van der Waals surface area contributed by atoms with Gasteiger partial charge in [0.25, 0.3) is 0 Å². The molecule has 2 aromatic carbocycles. The van der Waals surface area contributed by atoms with Crippen LogP contribution in [0.5, 0.6) is 0 Å². The van der Waals surface area contributed by atoms with Gasteiger partial charge in [-0.15, -0.1) is 11.8 Å². The van der Waals surface area contributed by atoms with Crippen molar-refractivity contribution in [2.24, 2.45) is 0 Å². The molecule has 0 bridgehead atoms. The van der Waals surface area contributed by atoms with Crippen molar-refractivity contribution in [1.29, 1.82) is 0 Å². The Hall–Kier alpha value is -2.27. The predicted molar refractivity (Wildman–Crippen MR) is 105 cm³/mol. The fraction of sp³-hybridized carbons (Fsp3) is 0.300. The Kier molecular flexibility index (Phi) is 6.65. The molecule has 0 aromatic heterocycles. The molecule has 0 aliphatic carbocycles. The monoisotopic (exact) mass is 356 g/mol. The van der Waals surface area contributed by atoms with Crippen LogP contribution in [0.25, 0.3) is 0 Å². The number of rotatable bonds is 6. The first kappa shape index (κ1) is 19.1. The van der Waals surface area contributed by atoms with Gasteiger partial charge in [-0.25, -0.2) is 0 Å². The lowest BCUT2D eigenvalue weighted by Gasteiger charge is -2.17. The first-order valence-electron chi connectivity index (χ1n) is 8.32. The molecule has 132 valence electrons. The molecular formula is C20H24N2O2S. The van der Waals surface area contributed by atoms with Crippen LogP contribution in [0.15, 0.2) is 47.4 Å². The van der Waals surface area contributed by atoms with E-state index in [0.29, 0.717) is 6.42 Å². The minimum Gasteiger partial charge on any atom is -0.326 e. The van der Waals surface area contributed by atoms with Gasteiger partial charge in [-0.2, -0.15) is 0 Å². The number of hydrogen-bond acceptors (Lipinski definition) is 3. The molecule has 0 saturated carbocycles. The third-order valence-corrected chi connectivity index (χ3v) is 5.32. The number of carbonyl (C=O) groups excluding carboxylic acids is 2.